The van der Waals surface area contributed by atoms with Crippen LogP contribution in [-0.2, 0) is 0 Å². The number of aryl methyl sites for hydroxylation is 1. The Balaban J connectivity index is 2.01. The highest BCUT2D eigenvalue weighted by Crippen LogP contribution is 2.22. The lowest BCUT2D eigenvalue weighted by molar-refractivity contribution is -0.385. The molecule has 6 heteroatoms. The molecule has 5 nitrogen and oxygen atoms in total. The van der Waals surface area contributed by atoms with E-state index < -0.39 is 11.0 Å². The Kier molecular flexibility index (Phi) is 4.49. The molecule has 2 aromatic rings. The second-order valence-corrected chi connectivity index (χ2v) is 4.71. The van der Waals surface area contributed by atoms with E-state index in [1.165, 1.54) is 30.3 Å². The molecule has 0 amide bonds. The maximum Gasteiger partial charge on any atom is 0.272 e. The Morgan fingerprint density at radius 2 is 1.95 bits per heavy atom. The third kappa shape index (κ3) is 3.76. The Hall–Kier alpha value is -2.47. The molecule has 0 fully saturated rings. The van der Waals surface area contributed by atoms with E-state index >= 15 is 0 Å². The number of rotatable bonds is 5. The number of hydrogen-bond donors (Lipinski definition) is 2. The van der Waals surface area contributed by atoms with Crippen LogP contribution < -0.4 is 5.32 Å². The van der Waals surface area contributed by atoms with Crippen LogP contribution in [-0.4, -0.2) is 16.6 Å². The molecule has 2 rings (SSSR count). The summed E-state index contributed by atoms with van der Waals surface area (Å²) < 4.78 is 12.8. The summed E-state index contributed by atoms with van der Waals surface area (Å²) in [5.74, 6) is -0.357. The summed E-state index contributed by atoms with van der Waals surface area (Å²) in [6.07, 6.45) is -0.791. The van der Waals surface area contributed by atoms with Crippen molar-refractivity contribution in [2.24, 2.45) is 0 Å². The van der Waals surface area contributed by atoms with Gasteiger partial charge in [-0.15, -0.1) is 0 Å². The number of benzene rings is 2. The Bertz CT molecular complexity index is 644. The summed E-state index contributed by atoms with van der Waals surface area (Å²) in [6, 6.07) is 10.3. The van der Waals surface area contributed by atoms with Crippen LogP contribution in [0.1, 0.15) is 17.2 Å². The second-order valence-electron chi connectivity index (χ2n) is 4.71. The molecule has 0 aliphatic heterocycles. The van der Waals surface area contributed by atoms with Gasteiger partial charge in [0.1, 0.15) is 5.82 Å². The Morgan fingerprint density at radius 1 is 1.29 bits per heavy atom. The molecule has 1 unspecified atom stereocenters. The van der Waals surface area contributed by atoms with Crippen LogP contribution in [0.3, 0.4) is 0 Å². The van der Waals surface area contributed by atoms with E-state index in [2.05, 4.69) is 5.32 Å². The minimum atomic E-state index is -0.791. The van der Waals surface area contributed by atoms with Crippen LogP contribution in [0.25, 0.3) is 0 Å². The standard InChI is InChI=1S/C15H15FN2O3/c1-10-8-13(6-7-14(10)18(20)21)17-9-15(19)11-2-4-12(16)5-3-11/h2-8,15,17,19H,9H2,1H3. The number of aliphatic hydroxyl groups excluding tert-OH is 1. The maximum absolute atomic E-state index is 12.8. The minimum Gasteiger partial charge on any atom is -0.387 e. The molecule has 0 aliphatic carbocycles. The first kappa shape index (κ1) is 14.9. The summed E-state index contributed by atoms with van der Waals surface area (Å²) in [7, 11) is 0. The molecule has 0 radical (unpaired) electrons. The first-order chi connectivity index (χ1) is 9.97. The number of halogens is 1. The van der Waals surface area contributed by atoms with Crippen molar-refractivity contribution in [1.29, 1.82) is 0 Å². The van der Waals surface area contributed by atoms with Crippen LogP contribution in [0.2, 0.25) is 0 Å². The van der Waals surface area contributed by atoms with E-state index in [9.17, 15) is 19.6 Å². The third-order valence-corrected chi connectivity index (χ3v) is 3.15. The average molecular weight is 290 g/mol. The van der Waals surface area contributed by atoms with Gasteiger partial charge in [0.15, 0.2) is 0 Å². The van der Waals surface area contributed by atoms with Crippen molar-refractivity contribution in [3.05, 3.63) is 69.5 Å². The predicted octanol–water partition coefficient (Wildman–Crippen LogP) is 3.19. The first-order valence-electron chi connectivity index (χ1n) is 6.40. The molecule has 110 valence electrons. The number of anilines is 1. The van der Waals surface area contributed by atoms with Gasteiger partial charge in [0.05, 0.1) is 11.0 Å². The number of nitrogens with one attached hydrogen (secondary N) is 1. The van der Waals surface area contributed by atoms with Crippen LogP contribution in [0.4, 0.5) is 15.8 Å². The summed E-state index contributed by atoms with van der Waals surface area (Å²) in [6.45, 7) is 1.88. The van der Waals surface area contributed by atoms with Gasteiger partial charge in [-0.05, 0) is 36.8 Å². The molecule has 0 aromatic heterocycles. The van der Waals surface area contributed by atoms with Gasteiger partial charge in [0, 0.05) is 23.9 Å². The monoisotopic (exact) mass is 290 g/mol. The lowest BCUT2D eigenvalue weighted by atomic mass is 10.1. The zero-order valence-electron chi connectivity index (χ0n) is 11.4. The van der Waals surface area contributed by atoms with E-state index in [0.29, 0.717) is 16.8 Å². The minimum absolute atomic E-state index is 0.0552. The molecular formula is C15H15FN2O3. The van der Waals surface area contributed by atoms with Gasteiger partial charge < -0.3 is 10.4 Å². The van der Waals surface area contributed by atoms with Crippen molar-refractivity contribution in [2.45, 2.75) is 13.0 Å². The lowest BCUT2D eigenvalue weighted by Gasteiger charge is -2.13. The molecule has 0 saturated heterocycles. The molecule has 0 bridgehead atoms. The largest absolute Gasteiger partial charge is 0.387 e. The van der Waals surface area contributed by atoms with E-state index in [1.807, 2.05) is 0 Å². The van der Waals surface area contributed by atoms with Gasteiger partial charge in [-0.2, -0.15) is 0 Å². The molecule has 1 atom stereocenters. The zero-order chi connectivity index (χ0) is 15.4. The molecule has 0 aliphatic rings. The fourth-order valence-corrected chi connectivity index (χ4v) is 1.99. The van der Waals surface area contributed by atoms with Gasteiger partial charge in [0.2, 0.25) is 0 Å². The number of nitro groups is 1. The third-order valence-electron chi connectivity index (χ3n) is 3.15. The summed E-state index contributed by atoms with van der Waals surface area (Å²) in [5.41, 5.74) is 1.88. The van der Waals surface area contributed by atoms with Gasteiger partial charge in [-0.1, -0.05) is 12.1 Å². The fraction of sp³-hybridized carbons (Fsp3) is 0.200. The van der Waals surface area contributed by atoms with Crippen molar-refractivity contribution in [1.82, 2.24) is 0 Å². The number of hydrogen-bond acceptors (Lipinski definition) is 4. The highest BCUT2D eigenvalue weighted by molar-refractivity contribution is 5.53. The first-order valence-corrected chi connectivity index (χ1v) is 6.40. The van der Waals surface area contributed by atoms with Crippen LogP contribution >= 0.6 is 0 Å². The predicted molar refractivity (Wildman–Crippen MR) is 77.7 cm³/mol. The number of nitro benzene ring substituents is 1. The van der Waals surface area contributed by atoms with Crippen LogP contribution in [0, 0.1) is 22.9 Å². The molecular weight excluding hydrogens is 275 g/mol. The quantitative estimate of drug-likeness (QED) is 0.655. The SMILES string of the molecule is Cc1cc(NCC(O)c2ccc(F)cc2)ccc1[N+](=O)[O-]. The van der Waals surface area contributed by atoms with Crippen molar-refractivity contribution in [3.63, 3.8) is 0 Å². The summed E-state index contributed by atoms with van der Waals surface area (Å²) >= 11 is 0. The average Bonchev–Trinajstić information content (AvgIpc) is 2.45. The van der Waals surface area contributed by atoms with Crippen molar-refractivity contribution >= 4 is 11.4 Å². The smallest absolute Gasteiger partial charge is 0.272 e. The van der Waals surface area contributed by atoms with Crippen molar-refractivity contribution in [3.8, 4) is 0 Å². The zero-order valence-corrected chi connectivity index (χ0v) is 11.4. The lowest BCUT2D eigenvalue weighted by Crippen LogP contribution is -2.12. The second kappa shape index (κ2) is 6.32. The van der Waals surface area contributed by atoms with Crippen molar-refractivity contribution in [2.75, 3.05) is 11.9 Å². The summed E-state index contributed by atoms with van der Waals surface area (Å²) in [5, 5.41) is 23.7. The summed E-state index contributed by atoms with van der Waals surface area (Å²) in [4.78, 5) is 10.3. The maximum atomic E-state index is 12.8. The van der Waals surface area contributed by atoms with Gasteiger partial charge in [0.25, 0.3) is 5.69 Å². The van der Waals surface area contributed by atoms with Crippen molar-refractivity contribution < 1.29 is 14.4 Å². The fourth-order valence-electron chi connectivity index (χ4n) is 1.99. The molecule has 2 N–H and O–H groups in total. The van der Waals surface area contributed by atoms with Gasteiger partial charge in [-0.3, -0.25) is 10.1 Å². The van der Waals surface area contributed by atoms with E-state index in [1.54, 1.807) is 19.1 Å². The normalized spacial score (nSPS) is 12.0. The van der Waals surface area contributed by atoms with E-state index in [0.717, 1.165) is 0 Å². The van der Waals surface area contributed by atoms with Gasteiger partial charge in [-0.25, -0.2) is 4.39 Å². The van der Waals surface area contributed by atoms with E-state index in [4.69, 9.17) is 0 Å². The van der Waals surface area contributed by atoms with Crippen LogP contribution in [0.15, 0.2) is 42.5 Å². The van der Waals surface area contributed by atoms with Gasteiger partial charge >= 0.3 is 0 Å². The Labute approximate surface area is 121 Å². The Morgan fingerprint density at radius 3 is 2.52 bits per heavy atom. The van der Waals surface area contributed by atoms with E-state index in [-0.39, 0.29) is 18.0 Å². The topological polar surface area (TPSA) is 75.4 Å². The molecule has 2 aromatic carbocycles. The number of aliphatic hydroxyl groups is 1. The highest BCUT2D eigenvalue weighted by atomic mass is 19.1. The highest BCUT2D eigenvalue weighted by Gasteiger charge is 2.11. The number of nitrogens with zero attached hydrogens (tertiary/aromatic N) is 1. The molecule has 0 saturated carbocycles. The molecule has 21 heavy (non-hydrogen) atoms. The molecule has 0 heterocycles. The molecule has 0 spiro atoms. The van der Waals surface area contributed by atoms with Crippen LogP contribution in [0.5, 0.6) is 0 Å².